The fraction of sp³-hybridized carbons (Fsp3) is 0.391. The number of carbonyl (C=O) groups excluding carboxylic acids is 1. The van der Waals surface area contributed by atoms with Gasteiger partial charge in [0.25, 0.3) is 6.10 Å². The number of alkyl halides is 6. The van der Waals surface area contributed by atoms with Crippen LogP contribution in [0.25, 0.3) is 11.1 Å². The van der Waals surface area contributed by atoms with E-state index in [1.165, 1.54) is 0 Å². The molecule has 1 saturated heterocycles. The first-order valence-electron chi connectivity index (χ1n) is 10.3. The third kappa shape index (κ3) is 6.56. The molecule has 1 amide bonds. The van der Waals surface area contributed by atoms with Crippen LogP contribution in [0.4, 0.5) is 31.1 Å². The second-order valence-corrected chi connectivity index (χ2v) is 7.81. The molecule has 2 aromatic carbocycles. The molecule has 5 nitrogen and oxygen atoms in total. The molecular weight excluding hydrogens is 466 g/mol. The summed E-state index contributed by atoms with van der Waals surface area (Å²) in [7, 11) is 0. The molecule has 11 heteroatoms. The van der Waals surface area contributed by atoms with E-state index in [2.05, 4.69) is 10.8 Å². The first-order chi connectivity index (χ1) is 16.0. The molecule has 1 heterocycles. The monoisotopic (exact) mass is 486 g/mol. The maximum atomic E-state index is 12.6. The van der Waals surface area contributed by atoms with Gasteiger partial charge in [0.05, 0.1) is 18.2 Å². The van der Waals surface area contributed by atoms with Gasteiger partial charge in [-0.3, -0.25) is 0 Å². The molecule has 0 aromatic heterocycles. The minimum Gasteiger partial charge on any atom is -0.493 e. The van der Waals surface area contributed by atoms with E-state index in [0.717, 1.165) is 16.0 Å². The number of benzene rings is 2. The molecule has 0 radical (unpaired) electrons. The SMILES string of the molecule is N#Cc1cccc(-c2ccc(OCC3CCN(C(=O)OC(C(F)(F)F)C(F)(F)F)CC3)cc2)c1. The van der Waals surface area contributed by atoms with Crippen molar-refractivity contribution in [3.8, 4) is 22.9 Å². The number of nitriles is 1. The molecule has 0 spiro atoms. The average molecular weight is 486 g/mol. The molecule has 0 aliphatic carbocycles. The van der Waals surface area contributed by atoms with Crippen molar-refractivity contribution in [2.45, 2.75) is 31.3 Å². The van der Waals surface area contributed by atoms with Crippen LogP contribution in [0, 0.1) is 17.2 Å². The number of hydrogen-bond acceptors (Lipinski definition) is 4. The topological polar surface area (TPSA) is 62.6 Å². The van der Waals surface area contributed by atoms with E-state index in [9.17, 15) is 31.1 Å². The van der Waals surface area contributed by atoms with Crippen LogP contribution < -0.4 is 4.74 Å². The molecule has 0 atom stereocenters. The summed E-state index contributed by atoms with van der Waals surface area (Å²) in [5.41, 5.74) is 2.32. The lowest BCUT2D eigenvalue weighted by atomic mass is 9.98. The highest BCUT2D eigenvalue weighted by Crippen LogP contribution is 2.36. The van der Waals surface area contributed by atoms with Crippen molar-refractivity contribution in [3.63, 3.8) is 0 Å². The highest BCUT2D eigenvalue weighted by molar-refractivity contribution is 5.68. The zero-order valence-electron chi connectivity index (χ0n) is 17.7. The van der Waals surface area contributed by atoms with Crippen LogP contribution in [0.15, 0.2) is 48.5 Å². The maximum absolute atomic E-state index is 12.6. The van der Waals surface area contributed by atoms with Gasteiger partial charge in [-0.15, -0.1) is 0 Å². The first-order valence-corrected chi connectivity index (χ1v) is 10.3. The zero-order chi connectivity index (χ0) is 24.9. The van der Waals surface area contributed by atoms with Crippen LogP contribution in [0.5, 0.6) is 5.75 Å². The van der Waals surface area contributed by atoms with Crippen molar-refractivity contribution < 1.29 is 40.6 Å². The van der Waals surface area contributed by atoms with Crippen LogP contribution in [0.1, 0.15) is 18.4 Å². The Balaban J connectivity index is 1.48. The summed E-state index contributed by atoms with van der Waals surface area (Å²) >= 11 is 0. The Bertz CT molecular complexity index is 1010. The second kappa shape index (κ2) is 10.2. The molecule has 0 N–H and O–H groups in total. The summed E-state index contributed by atoms with van der Waals surface area (Å²) in [5.74, 6) is 0.553. The Labute approximate surface area is 191 Å². The third-order valence-electron chi connectivity index (χ3n) is 5.35. The minimum atomic E-state index is -5.74. The van der Waals surface area contributed by atoms with Gasteiger partial charge in [0.2, 0.25) is 0 Å². The lowest BCUT2D eigenvalue weighted by Crippen LogP contribution is -2.49. The number of rotatable bonds is 5. The Kier molecular flexibility index (Phi) is 7.59. The summed E-state index contributed by atoms with van der Waals surface area (Å²) in [6.07, 6.45) is -16.6. The molecule has 1 fully saturated rings. The molecule has 2 aromatic rings. The van der Waals surface area contributed by atoms with Gasteiger partial charge in [0.1, 0.15) is 5.75 Å². The number of carbonyl (C=O) groups is 1. The Hall–Kier alpha value is -3.42. The van der Waals surface area contributed by atoms with E-state index in [1.807, 2.05) is 18.2 Å². The van der Waals surface area contributed by atoms with E-state index in [4.69, 9.17) is 10.00 Å². The molecule has 0 saturated carbocycles. The largest absolute Gasteiger partial charge is 0.493 e. The Morgan fingerprint density at radius 1 is 1.00 bits per heavy atom. The number of likely N-dealkylation sites (tertiary alicyclic amines) is 1. The van der Waals surface area contributed by atoms with Crippen LogP contribution in [-0.4, -0.2) is 49.1 Å². The van der Waals surface area contributed by atoms with Crippen molar-refractivity contribution in [2.24, 2.45) is 5.92 Å². The van der Waals surface area contributed by atoms with E-state index >= 15 is 0 Å². The van der Waals surface area contributed by atoms with Crippen molar-refractivity contribution in [3.05, 3.63) is 54.1 Å². The van der Waals surface area contributed by atoms with Gasteiger partial charge in [-0.2, -0.15) is 31.6 Å². The second-order valence-electron chi connectivity index (χ2n) is 7.81. The zero-order valence-corrected chi connectivity index (χ0v) is 17.7. The number of amides is 1. The lowest BCUT2D eigenvalue weighted by Gasteiger charge is -2.33. The number of piperidine rings is 1. The lowest BCUT2D eigenvalue weighted by molar-refractivity contribution is -0.308. The van der Waals surface area contributed by atoms with Gasteiger partial charge in [0, 0.05) is 13.1 Å². The van der Waals surface area contributed by atoms with Crippen molar-refractivity contribution in [1.82, 2.24) is 4.90 Å². The fourth-order valence-corrected chi connectivity index (χ4v) is 3.50. The Morgan fingerprint density at radius 3 is 2.18 bits per heavy atom. The molecule has 3 rings (SSSR count). The normalized spacial score (nSPS) is 15.2. The minimum absolute atomic E-state index is 0.0305. The average Bonchev–Trinajstić information content (AvgIpc) is 2.80. The molecule has 182 valence electrons. The quantitative estimate of drug-likeness (QED) is 0.491. The molecule has 34 heavy (non-hydrogen) atoms. The third-order valence-corrected chi connectivity index (χ3v) is 5.35. The van der Waals surface area contributed by atoms with Crippen LogP contribution in [0.3, 0.4) is 0 Å². The number of hydrogen-bond donors (Lipinski definition) is 0. The van der Waals surface area contributed by atoms with E-state index in [-0.39, 0.29) is 25.6 Å². The van der Waals surface area contributed by atoms with Crippen molar-refractivity contribution in [1.29, 1.82) is 5.26 Å². The van der Waals surface area contributed by atoms with Crippen molar-refractivity contribution >= 4 is 6.09 Å². The highest BCUT2D eigenvalue weighted by Gasteiger charge is 2.60. The number of ether oxygens (including phenoxy) is 2. The van der Waals surface area contributed by atoms with Crippen LogP contribution in [0.2, 0.25) is 0 Å². The summed E-state index contributed by atoms with van der Waals surface area (Å²) < 4.78 is 84.9. The molecule has 0 unspecified atom stereocenters. The van der Waals surface area contributed by atoms with Crippen LogP contribution >= 0.6 is 0 Å². The molecule has 1 aliphatic rings. The fourth-order valence-electron chi connectivity index (χ4n) is 3.50. The van der Waals surface area contributed by atoms with Gasteiger partial charge in [-0.05, 0) is 54.2 Å². The number of nitrogens with zero attached hydrogens (tertiary/aromatic N) is 2. The maximum Gasteiger partial charge on any atom is 0.434 e. The summed E-state index contributed by atoms with van der Waals surface area (Å²) in [5, 5.41) is 9.01. The van der Waals surface area contributed by atoms with E-state index in [1.54, 1.807) is 30.3 Å². The standard InChI is InChI=1S/C23H20F6N2O3/c24-22(25,26)20(23(27,28)29)34-21(32)31-10-8-15(9-11-31)14-33-19-6-4-17(5-7-19)18-3-1-2-16(12-18)13-30/h1-7,12,15,20H,8-11,14H2. The Morgan fingerprint density at radius 2 is 1.62 bits per heavy atom. The van der Waals surface area contributed by atoms with Gasteiger partial charge in [0.15, 0.2) is 0 Å². The summed E-state index contributed by atoms with van der Waals surface area (Å²) in [4.78, 5) is 12.7. The van der Waals surface area contributed by atoms with Crippen molar-refractivity contribution in [2.75, 3.05) is 19.7 Å². The summed E-state index contributed by atoms with van der Waals surface area (Å²) in [6.45, 7) is 0.201. The van der Waals surface area contributed by atoms with E-state index in [0.29, 0.717) is 24.2 Å². The molecule has 0 bridgehead atoms. The van der Waals surface area contributed by atoms with Gasteiger partial charge in [-0.1, -0.05) is 24.3 Å². The van der Waals surface area contributed by atoms with Crippen LogP contribution in [-0.2, 0) is 4.74 Å². The summed E-state index contributed by atoms with van der Waals surface area (Å²) in [6, 6.07) is 16.4. The first kappa shape index (κ1) is 25.2. The highest BCUT2D eigenvalue weighted by atomic mass is 19.4. The number of halogens is 6. The molecule has 1 aliphatic heterocycles. The van der Waals surface area contributed by atoms with Gasteiger partial charge < -0.3 is 14.4 Å². The predicted molar refractivity (Wildman–Crippen MR) is 109 cm³/mol. The predicted octanol–water partition coefficient (Wildman–Crippen LogP) is 5.95. The molecular formula is C23H20F6N2O3. The van der Waals surface area contributed by atoms with E-state index < -0.39 is 24.5 Å². The van der Waals surface area contributed by atoms with Gasteiger partial charge in [-0.25, -0.2) is 4.79 Å². The van der Waals surface area contributed by atoms with Gasteiger partial charge >= 0.3 is 18.4 Å². The smallest absolute Gasteiger partial charge is 0.434 e.